The van der Waals surface area contributed by atoms with E-state index in [4.69, 9.17) is 58.1 Å². The van der Waals surface area contributed by atoms with Gasteiger partial charge in [0.1, 0.15) is 11.6 Å². The van der Waals surface area contributed by atoms with Crippen molar-refractivity contribution in [3.8, 4) is 0 Å². The minimum atomic E-state index is -5.15. The number of hydrogen-bond acceptors (Lipinski definition) is 3. The van der Waals surface area contributed by atoms with Crippen molar-refractivity contribution in [2.45, 2.75) is 20.3 Å². The summed E-state index contributed by atoms with van der Waals surface area (Å²) in [7, 11) is 30.2. The second kappa shape index (κ2) is 6.01. The van der Waals surface area contributed by atoms with E-state index in [0.29, 0.717) is 0 Å². The number of ketones is 2. The van der Waals surface area contributed by atoms with Crippen LogP contribution in [-0.4, -0.2) is 11.6 Å². The SMILES string of the molecule is CC(=O)CC(C)=O.N.[Cl][Rh]([Cl])([Cl])([Cl])([Cl])[Cl]. The summed E-state index contributed by atoms with van der Waals surface area (Å²) in [6.45, 7) is -2.34. The number of rotatable bonds is 2. The van der Waals surface area contributed by atoms with E-state index in [0.717, 1.165) is 0 Å². The predicted molar refractivity (Wildman–Crippen MR) is 66.1 cm³/mol. The Balaban J connectivity index is -0.000000180. The van der Waals surface area contributed by atoms with Crippen LogP contribution in [-0.2, 0) is 16.1 Å². The van der Waals surface area contributed by atoms with Gasteiger partial charge in [-0.3, -0.25) is 9.59 Å². The molecule has 0 bridgehead atoms. The van der Waals surface area contributed by atoms with Crippen molar-refractivity contribution < 1.29 is 16.1 Å². The first-order valence-corrected chi connectivity index (χ1v) is 15.5. The van der Waals surface area contributed by atoms with E-state index in [2.05, 4.69) is 0 Å². The van der Waals surface area contributed by atoms with Crippen LogP contribution in [0.5, 0.6) is 0 Å². The van der Waals surface area contributed by atoms with Gasteiger partial charge in [-0.1, -0.05) is 0 Å². The van der Waals surface area contributed by atoms with Gasteiger partial charge < -0.3 is 6.15 Å². The molecule has 0 amide bonds. The third-order valence-electron chi connectivity index (χ3n) is 0.498. The molecule has 15 heavy (non-hydrogen) atoms. The van der Waals surface area contributed by atoms with Gasteiger partial charge in [0.15, 0.2) is 0 Å². The van der Waals surface area contributed by atoms with Crippen molar-refractivity contribution in [1.82, 2.24) is 6.15 Å². The van der Waals surface area contributed by atoms with E-state index in [9.17, 15) is 9.59 Å². The normalized spacial score (nSPS) is 14.7. The standard InChI is InChI=1S/C5H8O2.6ClH.H3N.Rh/c1-4(6)3-5(2)7;;;;;;;;/h3H2,1-2H3;6*1H;1H3;/q;;;;;;;;+6/p-6. The Morgan fingerprint density at radius 1 is 0.867 bits per heavy atom. The van der Waals surface area contributed by atoms with Crippen LogP contribution in [0.25, 0.3) is 0 Å². The van der Waals surface area contributed by atoms with Crippen molar-refractivity contribution in [2.75, 3.05) is 0 Å². The van der Waals surface area contributed by atoms with Gasteiger partial charge in [0.2, 0.25) is 0 Å². The summed E-state index contributed by atoms with van der Waals surface area (Å²) in [5.41, 5.74) is 0. The quantitative estimate of drug-likeness (QED) is 0.501. The third kappa shape index (κ3) is 91.2. The van der Waals surface area contributed by atoms with Gasteiger partial charge in [-0.05, 0) is 13.8 Å². The van der Waals surface area contributed by atoms with E-state index in [1.54, 1.807) is 0 Å². The molecule has 0 aromatic carbocycles. The molecule has 0 unspecified atom stereocenters. The molecular formula is C5H11Cl6NO2Rh. The van der Waals surface area contributed by atoms with Gasteiger partial charge >= 0.3 is 64.6 Å². The monoisotopic (exact) mass is 430 g/mol. The predicted octanol–water partition coefficient (Wildman–Crippen LogP) is 4.85. The first-order valence-electron chi connectivity index (χ1n) is 2.87. The van der Waals surface area contributed by atoms with Crippen molar-refractivity contribution in [1.29, 1.82) is 0 Å². The maximum absolute atomic E-state index is 10.0. The maximum atomic E-state index is 10.0. The van der Waals surface area contributed by atoms with Crippen LogP contribution in [0.4, 0.5) is 0 Å². The second-order valence-electron chi connectivity index (χ2n) is 2.30. The summed E-state index contributed by atoms with van der Waals surface area (Å²) in [5.74, 6) is -0.125. The Morgan fingerprint density at radius 3 is 1.00 bits per heavy atom. The Hall–Kier alpha value is 1.66. The van der Waals surface area contributed by atoms with E-state index in [-0.39, 0.29) is 24.1 Å². The summed E-state index contributed by atoms with van der Waals surface area (Å²) >= 11 is 0. The molecular weight excluding hydrogens is 422 g/mol. The van der Waals surface area contributed by atoms with Crippen molar-refractivity contribution in [3.63, 3.8) is 0 Å². The molecule has 0 aliphatic carbocycles. The molecule has 99 valence electrons. The third-order valence-corrected chi connectivity index (χ3v) is 0.498. The summed E-state index contributed by atoms with van der Waals surface area (Å²) < 4.78 is 0. The number of halogens is 6. The van der Waals surface area contributed by atoms with Crippen molar-refractivity contribution in [2.24, 2.45) is 0 Å². The molecule has 0 heterocycles. The van der Waals surface area contributed by atoms with Crippen LogP contribution in [0.2, 0.25) is 0 Å². The molecule has 0 aromatic heterocycles. The average Bonchev–Trinajstić information content (AvgIpc) is 1.46. The Bertz CT molecular complexity index is 220. The minimum absolute atomic E-state index is 0. The Kier molecular flexibility index (Phi) is 8.78. The molecule has 3 N–H and O–H groups in total. The van der Waals surface area contributed by atoms with Gasteiger partial charge in [0.05, 0.1) is 6.42 Å². The van der Waals surface area contributed by atoms with E-state index in [1.165, 1.54) is 13.8 Å². The molecule has 0 aromatic rings. The van der Waals surface area contributed by atoms with Gasteiger partial charge in [-0.2, -0.15) is 0 Å². The van der Waals surface area contributed by atoms with Crippen LogP contribution in [0.3, 0.4) is 0 Å². The molecule has 3 nitrogen and oxygen atoms in total. The number of hydrogen-bond donors (Lipinski definition) is 1. The molecule has 0 radical (unpaired) electrons. The first-order chi connectivity index (χ1) is 5.58. The molecule has 0 spiro atoms. The van der Waals surface area contributed by atoms with Crippen LogP contribution in [0, 0.1) is 0 Å². The second-order valence-corrected chi connectivity index (χ2v) is 39.6. The Morgan fingerprint density at radius 2 is 1.00 bits per heavy atom. The fraction of sp³-hybridized carbons (Fsp3) is 0.600. The summed E-state index contributed by atoms with van der Waals surface area (Å²) in [4.78, 5) is 20.1. The summed E-state index contributed by atoms with van der Waals surface area (Å²) in [5, 5.41) is 0. The van der Waals surface area contributed by atoms with Gasteiger partial charge in [0.25, 0.3) is 0 Å². The molecule has 0 rings (SSSR count). The van der Waals surface area contributed by atoms with Crippen molar-refractivity contribution >= 4 is 69.7 Å². The van der Waals surface area contributed by atoms with Crippen LogP contribution in [0.1, 0.15) is 20.3 Å². The van der Waals surface area contributed by atoms with E-state index >= 15 is 0 Å². The van der Waals surface area contributed by atoms with Crippen LogP contribution < -0.4 is 6.15 Å². The van der Waals surface area contributed by atoms with Gasteiger partial charge in [-0.15, -0.1) is 0 Å². The summed E-state index contributed by atoms with van der Waals surface area (Å²) in [6, 6.07) is 0. The fourth-order valence-electron chi connectivity index (χ4n) is 0.351. The van der Waals surface area contributed by atoms with E-state index < -0.39 is 6.48 Å². The van der Waals surface area contributed by atoms with Gasteiger partial charge in [-0.25, -0.2) is 0 Å². The summed E-state index contributed by atoms with van der Waals surface area (Å²) in [6.07, 6.45) is 0.0833. The first kappa shape index (κ1) is 21.9. The topological polar surface area (TPSA) is 69.1 Å². The zero-order valence-corrected chi connectivity index (χ0v) is 14.0. The molecule has 0 aliphatic rings. The fourth-order valence-corrected chi connectivity index (χ4v) is 0.351. The number of carbonyl (C=O) groups is 2. The molecule has 0 atom stereocenters. The van der Waals surface area contributed by atoms with Gasteiger partial charge in [0, 0.05) is 0 Å². The molecule has 10 heteroatoms. The number of carbonyl (C=O) groups excluding carboxylic acids is 2. The van der Waals surface area contributed by atoms with E-state index in [1.807, 2.05) is 0 Å². The number of Topliss-reactive ketones (excluding diaryl/α,β-unsaturated/α-hetero) is 2. The molecule has 0 fully saturated rings. The van der Waals surface area contributed by atoms with Crippen molar-refractivity contribution in [3.05, 3.63) is 0 Å². The molecule has 0 saturated heterocycles. The zero-order chi connectivity index (χ0) is 12.3. The van der Waals surface area contributed by atoms with Crippen LogP contribution >= 0.6 is 58.1 Å². The van der Waals surface area contributed by atoms with Crippen LogP contribution in [0.15, 0.2) is 0 Å². The molecule has 0 aliphatic heterocycles. The average molecular weight is 433 g/mol. The zero-order valence-electron chi connectivity index (χ0n) is 7.83. The Labute approximate surface area is 111 Å². The molecule has 0 saturated carbocycles.